The predicted molar refractivity (Wildman–Crippen MR) is 122 cm³/mol. The van der Waals surface area contributed by atoms with Crippen LogP contribution in [-0.2, 0) is 6.54 Å². The van der Waals surface area contributed by atoms with Gasteiger partial charge in [-0.2, -0.15) is 5.10 Å². The molecule has 2 rings (SSSR count). The fraction of sp³-hybridized carbons (Fsp3) is 0.500. The van der Waals surface area contributed by atoms with Gasteiger partial charge < -0.3 is 15.4 Å². The Morgan fingerprint density at radius 3 is 2.57 bits per heavy atom. The Hall–Kier alpha value is -1.84. The number of ether oxygens (including phenoxy) is 1. The van der Waals surface area contributed by atoms with E-state index in [4.69, 9.17) is 4.74 Å². The molecule has 28 heavy (non-hydrogen) atoms. The van der Waals surface area contributed by atoms with Crippen molar-refractivity contribution in [2.24, 2.45) is 4.99 Å². The smallest absolute Gasteiger partial charge is 0.191 e. The van der Waals surface area contributed by atoms with Gasteiger partial charge in [0.25, 0.3) is 0 Å². The van der Waals surface area contributed by atoms with Gasteiger partial charge in [-0.05, 0) is 57.5 Å². The minimum Gasteiger partial charge on any atom is -0.494 e. The minimum atomic E-state index is -0.258. The lowest BCUT2D eigenvalue weighted by Gasteiger charge is -2.12. The molecule has 156 valence electrons. The summed E-state index contributed by atoms with van der Waals surface area (Å²) in [6, 6.07) is 8.15. The quantitative estimate of drug-likeness (QED) is 0.225. The highest BCUT2D eigenvalue weighted by Gasteiger charge is 2.01. The van der Waals surface area contributed by atoms with Gasteiger partial charge in [0.2, 0.25) is 0 Å². The molecule has 1 aromatic heterocycles. The van der Waals surface area contributed by atoms with E-state index in [0.29, 0.717) is 18.9 Å². The number of aryl methyl sites for hydroxylation is 3. The van der Waals surface area contributed by atoms with E-state index in [-0.39, 0.29) is 29.8 Å². The van der Waals surface area contributed by atoms with Crippen molar-refractivity contribution in [2.45, 2.75) is 40.2 Å². The molecule has 0 amide bonds. The van der Waals surface area contributed by atoms with Crippen molar-refractivity contribution < 1.29 is 9.13 Å². The van der Waals surface area contributed by atoms with Crippen LogP contribution in [-0.4, -0.2) is 42.0 Å². The number of aliphatic imine (C=N–C) groups is 1. The van der Waals surface area contributed by atoms with Gasteiger partial charge in [0.1, 0.15) is 11.6 Å². The van der Waals surface area contributed by atoms with Crippen molar-refractivity contribution in [3.05, 3.63) is 47.5 Å². The minimum absolute atomic E-state index is 0. The van der Waals surface area contributed by atoms with Crippen LogP contribution in [0, 0.1) is 19.7 Å². The van der Waals surface area contributed by atoms with Crippen molar-refractivity contribution in [1.82, 2.24) is 20.4 Å². The molecule has 0 fully saturated rings. The molecule has 6 nitrogen and oxygen atoms in total. The molecular formula is C20H31FIN5O. The highest BCUT2D eigenvalue weighted by molar-refractivity contribution is 14.0. The van der Waals surface area contributed by atoms with Crippen LogP contribution in [0.3, 0.4) is 0 Å². The summed E-state index contributed by atoms with van der Waals surface area (Å²) >= 11 is 0. The number of guanidine groups is 1. The molecule has 0 unspecified atom stereocenters. The van der Waals surface area contributed by atoms with Gasteiger partial charge >= 0.3 is 0 Å². The Bertz CT molecular complexity index is 718. The number of hydrogen-bond acceptors (Lipinski definition) is 3. The summed E-state index contributed by atoms with van der Waals surface area (Å²) in [6.07, 6.45) is 1.76. The fourth-order valence-corrected chi connectivity index (χ4v) is 2.65. The summed E-state index contributed by atoms with van der Waals surface area (Å²) in [4.78, 5) is 4.56. The fourth-order valence-electron chi connectivity index (χ4n) is 2.65. The normalized spacial score (nSPS) is 11.1. The van der Waals surface area contributed by atoms with Gasteiger partial charge in [-0.1, -0.05) is 0 Å². The third-order valence-electron chi connectivity index (χ3n) is 3.94. The molecule has 0 aliphatic rings. The van der Waals surface area contributed by atoms with Crippen LogP contribution in [0.15, 0.2) is 35.3 Å². The van der Waals surface area contributed by atoms with Crippen molar-refractivity contribution >= 4 is 29.9 Å². The third kappa shape index (κ3) is 8.90. The Balaban J connectivity index is 0.00000392. The van der Waals surface area contributed by atoms with E-state index in [9.17, 15) is 4.39 Å². The first-order valence-electron chi connectivity index (χ1n) is 9.50. The Labute approximate surface area is 184 Å². The molecule has 1 aromatic carbocycles. The second-order valence-corrected chi connectivity index (χ2v) is 6.35. The summed E-state index contributed by atoms with van der Waals surface area (Å²) in [5.41, 5.74) is 2.24. The maximum Gasteiger partial charge on any atom is 0.191 e. The Kier molecular flexibility index (Phi) is 11.5. The summed E-state index contributed by atoms with van der Waals surface area (Å²) in [5, 5.41) is 11.1. The zero-order chi connectivity index (χ0) is 19.5. The molecule has 0 bridgehead atoms. The maximum absolute atomic E-state index is 12.8. The van der Waals surface area contributed by atoms with Crippen molar-refractivity contribution in [3.8, 4) is 5.75 Å². The Morgan fingerprint density at radius 2 is 1.93 bits per heavy atom. The van der Waals surface area contributed by atoms with Gasteiger partial charge in [-0.3, -0.25) is 9.67 Å². The molecule has 0 radical (unpaired) electrons. The van der Waals surface area contributed by atoms with Gasteiger partial charge in [0, 0.05) is 38.3 Å². The lowest BCUT2D eigenvalue weighted by atomic mass is 10.3. The molecule has 1 heterocycles. The first-order valence-corrected chi connectivity index (χ1v) is 9.50. The second kappa shape index (κ2) is 13.4. The topological polar surface area (TPSA) is 63.5 Å². The number of nitrogens with one attached hydrogen (secondary N) is 2. The maximum atomic E-state index is 12.8. The van der Waals surface area contributed by atoms with Gasteiger partial charge in [0.15, 0.2) is 5.96 Å². The lowest BCUT2D eigenvalue weighted by Crippen LogP contribution is -2.38. The lowest BCUT2D eigenvalue weighted by molar-refractivity contribution is 0.313. The van der Waals surface area contributed by atoms with Gasteiger partial charge in [0.05, 0.1) is 12.3 Å². The van der Waals surface area contributed by atoms with E-state index in [2.05, 4.69) is 33.7 Å². The SMILES string of the molecule is CCNC(=NCCCOc1ccc(F)cc1)NCCCn1nc(C)cc1C.I. The number of nitrogens with zero attached hydrogens (tertiary/aromatic N) is 3. The van der Waals surface area contributed by atoms with Crippen LogP contribution in [0.4, 0.5) is 4.39 Å². The van der Waals surface area contributed by atoms with E-state index in [0.717, 1.165) is 44.1 Å². The standard InChI is InChI=1S/C20H30FN5O.HI/c1-4-22-20(23-11-5-13-26-17(3)15-16(2)25-26)24-12-6-14-27-19-9-7-18(21)8-10-19;/h7-10,15H,4-6,11-14H2,1-3H3,(H2,22,23,24);1H. The molecule has 8 heteroatoms. The average molecular weight is 503 g/mol. The van der Waals surface area contributed by atoms with Crippen molar-refractivity contribution in [1.29, 1.82) is 0 Å². The molecule has 0 spiro atoms. The first kappa shape index (κ1) is 24.2. The molecule has 2 N–H and O–H groups in total. The molecule has 0 saturated carbocycles. The van der Waals surface area contributed by atoms with E-state index in [1.165, 1.54) is 17.8 Å². The summed E-state index contributed by atoms with van der Waals surface area (Å²) < 4.78 is 20.5. The van der Waals surface area contributed by atoms with Crippen LogP contribution in [0.2, 0.25) is 0 Å². The zero-order valence-electron chi connectivity index (χ0n) is 16.9. The van der Waals surface area contributed by atoms with E-state index < -0.39 is 0 Å². The third-order valence-corrected chi connectivity index (χ3v) is 3.94. The van der Waals surface area contributed by atoms with Crippen LogP contribution in [0.1, 0.15) is 31.2 Å². The molecule has 2 aromatic rings. The van der Waals surface area contributed by atoms with E-state index >= 15 is 0 Å². The Morgan fingerprint density at radius 1 is 1.18 bits per heavy atom. The highest BCUT2D eigenvalue weighted by Crippen LogP contribution is 2.11. The number of rotatable bonds is 10. The number of aromatic nitrogens is 2. The largest absolute Gasteiger partial charge is 0.494 e. The van der Waals surface area contributed by atoms with Crippen LogP contribution < -0.4 is 15.4 Å². The summed E-state index contributed by atoms with van der Waals surface area (Å²) in [6.45, 7) is 9.87. The van der Waals surface area contributed by atoms with Crippen LogP contribution >= 0.6 is 24.0 Å². The molecular weight excluding hydrogens is 472 g/mol. The van der Waals surface area contributed by atoms with E-state index in [1.54, 1.807) is 12.1 Å². The molecule has 0 atom stereocenters. The summed E-state index contributed by atoms with van der Waals surface area (Å²) in [7, 11) is 0. The predicted octanol–water partition coefficient (Wildman–Crippen LogP) is 3.67. The van der Waals surface area contributed by atoms with E-state index in [1.807, 2.05) is 18.5 Å². The highest BCUT2D eigenvalue weighted by atomic mass is 127. The van der Waals surface area contributed by atoms with Crippen LogP contribution in [0.25, 0.3) is 0 Å². The molecule has 0 aliphatic carbocycles. The number of hydrogen-bond donors (Lipinski definition) is 2. The second-order valence-electron chi connectivity index (χ2n) is 6.35. The number of benzene rings is 1. The van der Waals surface area contributed by atoms with Crippen molar-refractivity contribution in [2.75, 3.05) is 26.2 Å². The first-order chi connectivity index (χ1) is 13.1. The van der Waals surface area contributed by atoms with Gasteiger partial charge in [-0.25, -0.2) is 4.39 Å². The average Bonchev–Trinajstić information content (AvgIpc) is 2.97. The van der Waals surface area contributed by atoms with Crippen LogP contribution in [0.5, 0.6) is 5.75 Å². The zero-order valence-corrected chi connectivity index (χ0v) is 19.2. The monoisotopic (exact) mass is 503 g/mol. The van der Waals surface area contributed by atoms with Gasteiger partial charge in [-0.15, -0.1) is 24.0 Å². The molecule has 0 saturated heterocycles. The molecule has 0 aliphatic heterocycles. The number of halogens is 2. The summed E-state index contributed by atoms with van der Waals surface area (Å²) in [5.74, 6) is 1.23. The van der Waals surface area contributed by atoms with Crippen molar-refractivity contribution in [3.63, 3.8) is 0 Å².